The molecular weight excluding hydrogens is 212 g/mol. The number of hydrogen-bond donors (Lipinski definition) is 1. The van der Waals surface area contributed by atoms with Gasteiger partial charge in [0.1, 0.15) is 5.75 Å². The number of aryl methyl sites for hydroxylation is 1. The van der Waals surface area contributed by atoms with Crippen molar-refractivity contribution in [3.8, 4) is 11.8 Å². The number of hydrogen-bond acceptors (Lipinski definition) is 3. The molecule has 0 aliphatic carbocycles. The van der Waals surface area contributed by atoms with E-state index in [4.69, 9.17) is 15.7 Å². The van der Waals surface area contributed by atoms with Gasteiger partial charge in [-0.15, -0.1) is 0 Å². The summed E-state index contributed by atoms with van der Waals surface area (Å²) in [6.07, 6.45) is 0. The summed E-state index contributed by atoms with van der Waals surface area (Å²) in [7, 11) is 1.65. The van der Waals surface area contributed by atoms with Gasteiger partial charge in [-0.05, 0) is 30.0 Å². The highest BCUT2D eigenvalue weighted by Crippen LogP contribution is 2.28. The van der Waals surface area contributed by atoms with Gasteiger partial charge >= 0.3 is 0 Å². The monoisotopic (exact) mass is 232 g/mol. The Kier molecular flexibility index (Phi) is 4.53. The smallest absolute Gasteiger partial charge is 0.121 e. The van der Waals surface area contributed by atoms with E-state index in [9.17, 15) is 0 Å². The van der Waals surface area contributed by atoms with Gasteiger partial charge in [-0.2, -0.15) is 5.26 Å². The van der Waals surface area contributed by atoms with Crippen LogP contribution in [0.5, 0.6) is 5.75 Å². The summed E-state index contributed by atoms with van der Waals surface area (Å²) >= 11 is 0. The molecule has 92 valence electrons. The van der Waals surface area contributed by atoms with Crippen LogP contribution in [0.4, 0.5) is 0 Å². The van der Waals surface area contributed by atoms with E-state index >= 15 is 0 Å². The van der Waals surface area contributed by atoms with Crippen molar-refractivity contribution in [1.82, 2.24) is 0 Å². The lowest BCUT2D eigenvalue weighted by Gasteiger charge is -2.22. The van der Waals surface area contributed by atoms with Gasteiger partial charge in [-0.25, -0.2) is 0 Å². The summed E-state index contributed by atoms with van der Waals surface area (Å²) in [5.74, 6) is 0.930. The summed E-state index contributed by atoms with van der Waals surface area (Å²) in [6.45, 7) is 6.01. The molecule has 1 rings (SSSR count). The molecule has 1 aromatic carbocycles. The molecule has 1 aromatic rings. The van der Waals surface area contributed by atoms with E-state index in [2.05, 4.69) is 6.07 Å². The molecule has 0 aliphatic heterocycles. The van der Waals surface area contributed by atoms with Crippen LogP contribution in [0.3, 0.4) is 0 Å². The summed E-state index contributed by atoms with van der Waals surface area (Å²) < 4.78 is 5.21. The second-order valence-electron chi connectivity index (χ2n) is 4.65. The third-order valence-electron chi connectivity index (χ3n) is 3.06. The first-order valence-corrected chi connectivity index (χ1v) is 5.81. The predicted octanol–water partition coefficient (Wildman–Crippen LogP) is 2.80. The van der Waals surface area contributed by atoms with Crippen LogP contribution in [0.15, 0.2) is 18.2 Å². The molecule has 0 heterocycles. The molecule has 3 heteroatoms. The number of nitrogens with zero attached hydrogens (tertiary/aromatic N) is 1. The first kappa shape index (κ1) is 13.5. The fraction of sp³-hybridized carbons (Fsp3) is 0.500. The summed E-state index contributed by atoms with van der Waals surface area (Å²) in [5.41, 5.74) is 8.18. The van der Waals surface area contributed by atoms with Crippen LogP contribution in [-0.4, -0.2) is 7.11 Å². The third-order valence-corrected chi connectivity index (χ3v) is 3.06. The second kappa shape index (κ2) is 5.70. The SMILES string of the molecule is COc1ccc(C(N)C(C#N)C(C)C)cc1C. The van der Waals surface area contributed by atoms with Gasteiger partial charge in [0.25, 0.3) is 0 Å². The highest BCUT2D eigenvalue weighted by molar-refractivity contribution is 5.37. The number of methoxy groups -OCH3 is 1. The minimum absolute atomic E-state index is 0.164. The van der Waals surface area contributed by atoms with Crippen molar-refractivity contribution < 1.29 is 4.74 Å². The third kappa shape index (κ3) is 2.98. The molecule has 0 radical (unpaired) electrons. The first-order chi connectivity index (χ1) is 8.01. The van der Waals surface area contributed by atoms with Crippen LogP contribution in [-0.2, 0) is 0 Å². The van der Waals surface area contributed by atoms with Gasteiger partial charge in [-0.3, -0.25) is 0 Å². The standard InChI is InChI=1S/C14H20N2O/c1-9(2)12(8-15)14(16)11-5-6-13(17-4)10(3)7-11/h5-7,9,12,14H,16H2,1-4H3. The van der Waals surface area contributed by atoms with Gasteiger partial charge in [0, 0.05) is 6.04 Å². The molecule has 0 aromatic heterocycles. The first-order valence-electron chi connectivity index (χ1n) is 5.81. The van der Waals surface area contributed by atoms with Crippen LogP contribution in [0.1, 0.15) is 31.0 Å². The lowest BCUT2D eigenvalue weighted by molar-refractivity contribution is 0.399. The van der Waals surface area contributed by atoms with Gasteiger partial charge in [0.15, 0.2) is 0 Å². The highest BCUT2D eigenvalue weighted by Gasteiger charge is 2.22. The number of nitrogens with two attached hydrogens (primary N) is 1. The van der Waals surface area contributed by atoms with Crippen LogP contribution in [0.2, 0.25) is 0 Å². The van der Waals surface area contributed by atoms with Gasteiger partial charge in [-0.1, -0.05) is 26.0 Å². The quantitative estimate of drug-likeness (QED) is 0.868. The van der Waals surface area contributed by atoms with E-state index in [1.54, 1.807) is 7.11 Å². The van der Waals surface area contributed by atoms with Crippen molar-refractivity contribution in [3.05, 3.63) is 29.3 Å². The maximum absolute atomic E-state index is 9.14. The van der Waals surface area contributed by atoms with E-state index in [1.807, 2.05) is 39.0 Å². The Labute approximate surface area is 103 Å². The molecule has 2 atom stereocenters. The minimum Gasteiger partial charge on any atom is -0.496 e. The Morgan fingerprint density at radius 3 is 2.41 bits per heavy atom. The zero-order valence-electron chi connectivity index (χ0n) is 10.9. The zero-order valence-corrected chi connectivity index (χ0v) is 10.9. The molecular formula is C14H20N2O. The topological polar surface area (TPSA) is 59.0 Å². The molecule has 0 aliphatic rings. The number of rotatable bonds is 4. The summed E-state index contributed by atoms with van der Waals surface area (Å²) in [4.78, 5) is 0. The fourth-order valence-electron chi connectivity index (χ4n) is 1.96. The van der Waals surface area contributed by atoms with Crippen molar-refractivity contribution >= 4 is 0 Å². The fourth-order valence-corrected chi connectivity index (χ4v) is 1.96. The maximum atomic E-state index is 9.14. The molecule has 0 bridgehead atoms. The predicted molar refractivity (Wildman–Crippen MR) is 68.6 cm³/mol. The maximum Gasteiger partial charge on any atom is 0.121 e. The van der Waals surface area contributed by atoms with E-state index in [1.165, 1.54) is 0 Å². The zero-order chi connectivity index (χ0) is 13.0. The van der Waals surface area contributed by atoms with E-state index in [-0.39, 0.29) is 17.9 Å². The van der Waals surface area contributed by atoms with Gasteiger partial charge in [0.2, 0.25) is 0 Å². The molecule has 3 nitrogen and oxygen atoms in total. The van der Waals surface area contributed by atoms with Crippen molar-refractivity contribution in [3.63, 3.8) is 0 Å². The van der Waals surface area contributed by atoms with Crippen molar-refractivity contribution in [1.29, 1.82) is 5.26 Å². The average Bonchev–Trinajstić information content (AvgIpc) is 2.29. The van der Waals surface area contributed by atoms with Gasteiger partial charge < -0.3 is 10.5 Å². The van der Waals surface area contributed by atoms with Crippen LogP contribution >= 0.6 is 0 Å². The number of ether oxygens (including phenoxy) is 1. The molecule has 0 spiro atoms. The van der Waals surface area contributed by atoms with Crippen molar-refractivity contribution in [2.24, 2.45) is 17.6 Å². The molecule has 0 amide bonds. The Balaban J connectivity index is 3.01. The second-order valence-corrected chi connectivity index (χ2v) is 4.65. The molecule has 0 fully saturated rings. The minimum atomic E-state index is -0.246. The molecule has 2 N–H and O–H groups in total. The average molecular weight is 232 g/mol. The van der Waals surface area contributed by atoms with Crippen LogP contribution < -0.4 is 10.5 Å². The van der Waals surface area contributed by atoms with Crippen LogP contribution in [0, 0.1) is 30.1 Å². The Morgan fingerprint density at radius 1 is 1.35 bits per heavy atom. The van der Waals surface area contributed by atoms with Crippen molar-refractivity contribution in [2.75, 3.05) is 7.11 Å². The lowest BCUT2D eigenvalue weighted by Crippen LogP contribution is -2.24. The van der Waals surface area contributed by atoms with E-state index < -0.39 is 0 Å². The van der Waals surface area contributed by atoms with Crippen molar-refractivity contribution in [2.45, 2.75) is 26.8 Å². The van der Waals surface area contributed by atoms with Crippen LogP contribution in [0.25, 0.3) is 0 Å². The largest absolute Gasteiger partial charge is 0.496 e. The van der Waals surface area contributed by atoms with Gasteiger partial charge in [0.05, 0.1) is 19.1 Å². The normalized spacial score (nSPS) is 14.2. The molecule has 2 unspecified atom stereocenters. The van der Waals surface area contributed by atoms with E-state index in [0.29, 0.717) is 0 Å². The molecule has 17 heavy (non-hydrogen) atoms. The Hall–Kier alpha value is -1.53. The molecule has 0 saturated carbocycles. The Bertz CT molecular complexity index is 421. The number of nitriles is 1. The molecule has 0 saturated heterocycles. The lowest BCUT2D eigenvalue weighted by atomic mass is 9.86. The number of benzene rings is 1. The Morgan fingerprint density at radius 2 is 2.00 bits per heavy atom. The van der Waals surface area contributed by atoms with E-state index in [0.717, 1.165) is 16.9 Å². The summed E-state index contributed by atoms with van der Waals surface area (Å²) in [5, 5.41) is 9.14. The summed E-state index contributed by atoms with van der Waals surface area (Å²) in [6, 6.07) is 7.88. The highest BCUT2D eigenvalue weighted by atomic mass is 16.5.